The molecule has 0 aliphatic rings. The predicted octanol–water partition coefficient (Wildman–Crippen LogP) is 2.53. The SMILES string of the molecule is c1ccc(Cc2occc2[Se]c2ccccc2)cc1. The number of hydrogen-bond donors (Lipinski definition) is 0. The summed E-state index contributed by atoms with van der Waals surface area (Å²) < 4.78 is 8.37. The minimum absolute atomic E-state index is 0.318. The van der Waals surface area contributed by atoms with Crippen LogP contribution >= 0.6 is 0 Å². The maximum absolute atomic E-state index is 5.66. The van der Waals surface area contributed by atoms with Crippen molar-refractivity contribution in [2.24, 2.45) is 0 Å². The molecular formula is C17H14OSe. The van der Waals surface area contributed by atoms with Crippen molar-refractivity contribution in [2.75, 3.05) is 0 Å². The molecule has 0 bridgehead atoms. The Labute approximate surface area is 119 Å². The van der Waals surface area contributed by atoms with Crippen molar-refractivity contribution < 1.29 is 4.42 Å². The average Bonchev–Trinajstić information content (AvgIpc) is 2.88. The third kappa shape index (κ3) is 3.17. The standard InChI is InChI=1S/C17H14OSe/c1-3-7-14(8-4-1)13-16-17(11-12-18-16)19-15-9-5-2-6-10-15/h1-12H,13H2. The van der Waals surface area contributed by atoms with Gasteiger partial charge in [0, 0.05) is 0 Å². The van der Waals surface area contributed by atoms with E-state index in [1.165, 1.54) is 14.5 Å². The molecule has 2 heteroatoms. The van der Waals surface area contributed by atoms with Crippen LogP contribution in [0.15, 0.2) is 77.4 Å². The number of rotatable bonds is 4. The zero-order valence-electron chi connectivity index (χ0n) is 10.5. The van der Waals surface area contributed by atoms with E-state index in [-0.39, 0.29) is 0 Å². The third-order valence-electron chi connectivity index (χ3n) is 2.88. The van der Waals surface area contributed by atoms with Crippen LogP contribution in [0.1, 0.15) is 11.3 Å². The van der Waals surface area contributed by atoms with Crippen LogP contribution in [0.25, 0.3) is 0 Å². The van der Waals surface area contributed by atoms with Crippen molar-refractivity contribution in [1.82, 2.24) is 0 Å². The van der Waals surface area contributed by atoms with Crippen molar-refractivity contribution in [3.8, 4) is 0 Å². The number of hydrogen-bond acceptors (Lipinski definition) is 1. The zero-order valence-corrected chi connectivity index (χ0v) is 12.2. The van der Waals surface area contributed by atoms with Crippen LogP contribution in [0.2, 0.25) is 0 Å². The zero-order chi connectivity index (χ0) is 12.9. The van der Waals surface area contributed by atoms with Gasteiger partial charge in [-0.15, -0.1) is 0 Å². The van der Waals surface area contributed by atoms with E-state index in [9.17, 15) is 0 Å². The molecule has 0 fully saturated rings. The third-order valence-corrected chi connectivity index (χ3v) is 5.17. The summed E-state index contributed by atoms with van der Waals surface area (Å²) in [7, 11) is 0. The van der Waals surface area contributed by atoms with Gasteiger partial charge in [0.15, 0.2) is 0 Å². The van der Waals surface area contributed by atoms with Crippen LogP contribution < -0.4 is 8.92 Å². The molecule has 0 aliphatic carbocycles. The van der Waals surface area contributed by atoms with Crippen LogP contribution in [-0.4, -0.2) is 15.0 Å². The van der Waals surface area contributed by atoms with Crippen molar-refractivity contribution >= 4 is 23.9 Å². The van der Waals surface area contributed by atoms with E-state index in [1.807, 2.05) is 6.07 Å². The Morgan fingerprint density at radius 3 is 2.21 bits per heavy atom. The number of benzene rings is 2. The summed E-state index contributed by atoms with van der Waals surface area (Å²) in [6.07, 6.45) is 2.68. The Kier molecular flexibility index (Phi) is 3.83. The second-order valence-corrected chi connectivity index (χ2v) is 6.63. The van der Waals surface area contributed by atoms with Crippen molar-refractivity contribution in [2.45, 2.75) is 6.42 Å². The molecule has 0 N–H and O–H groups in total. The molecule has 3 rings (SSSR count). The van der Waals surface area contributed by atoms with Gasteiger partial charge in [0.05, 0.1) is 0 Å². The Hall–Kier alpha value is -1.76. The van der Waals surface area contributed by atoms with Crippen molar-refractivity contribution in [3.63, 3.8) is 0 Å². The molecule has 94 valence electrons. The summed E-state index contributed by atoms with van der Waals surface area (Å²) in [6.45, 7) is 0. The van der Waals surface area contributed by atoms with Gasteiger partial charge in [0.1, 0.15) is 0 Å². The van der Waals surface area contributed by atoms with Crippen LogP contribution in [-0.2, 0) is 6.42 Å². The van der Waals surface area contributed by atoms with E-state index < -0.39 is 0 Å². The molecule has 0 amide bonds. The summed E-state index contributed by atoms with van der Waals surface area (Å²) in [6, 6.07) is 23.2. The molecule has 0 aliphatic heterocycles. The molecule has 0 saturated carbocycles. The van der Waals surface area contributed by atoms with E-state index >= 15 is 0 Å². The predicted molar refractivity (Wildman–Crippen MR) is 79.4 cm³/mol. The fourth-order valence-corrected chi connectivity index (χ4v) is 3.84. The first-order valence-corrected chi connectivity index (χ1v) is 7.96. The molecule has 1 nitrogen and oxygen atoms in total. The molecule has 1 aromatic heterocycles. The van der Waals surface area contributed by atoms with Gasteiger partial charge in [-0.2, -0.15) is 0 Å². The molecule has 3 aromatic rings. The first-order valence-electron chi connectivity index (χ1n) is 6.25. The van der Waals surface area contributed by atoms with Gasteiger partial charge in [0.25, 0.3) is 0 Å². The second-order valence-electron chi connectivity index (χ2n) is 4.29. The first-order chi connectivity index (χ1) is 9.42. The Balaban J connectivity index is 1.79. The van der Waals surface area contributed by atoms with Gasteiger partial charge in [0.2, 0.25) is 0 Å². The van der Waals surface area contributed by atoms with Gasteiger partial charge >= 0.3 is 119 Å². The van der Waals surface area contributed by atoms with Gasteiger partial charge in [-0.1, -0.05) is 0 Å². The van der Waals surface area contributed by atoms with E-state index in [2.05, 4.69) is 60.7 Å². The van der Waals surface area contributed by atoms with E-state index in [4.69, 9.17) is 4.42 Å². The normalized spacial score (nSPS) is 10.5. The van der Waals surface area contributed by atoms with Gasteiger partial charge in [-0.05, 0) is 0 Å². The molecule has 0 saturated heterocycles. The Morgan fingerprint density at radius 1 is 0.789 bits per heavy atom. The minimum atomic E-state index is 0.318. The maximum atomic E-state index is 5.66. The molecule has 0 spiro atoms. The quantitative estimate of drug-likeness (QED) is 0.675. The monoisotopic (exact) mass is 314 g/mol. The molecule has 2 aromatic carbocycles. The van der Waals surface area contributed by atoms with Crippen LogP contribution in [0.4, 0.5) is 0 Å². The van der Waals surface area contributed by atoms with Crippen molar-refractivity contribution in [1.29, 1.82) is 0 Å². The van der Waals surface area contributed by atoms with Crippen LogP contribution in [0.5, 0.6) is 0 Å². The fraction of sp³-hybridized carbons (Fsp3) is 0.0588. The summed E-state index contributed by atoms with van der Waals surface area (Å²) in [5, 5.41) is 0. The van der Waals surface area contributed by atoms with Gasteiger partial charge in [-0.3, -0.25) is 0 Å². The molecule has 19 heavy (non-hydrogen) atoms. The summed E-state index contributed by atoms with van der Waals surface area (Å²) >= 11 is 0.318. The van der Waals surface area contributed by atoms with Crippen molar-refractivity contribution in [3.05, 3.63) is 84.3 Å². The molecule has 0 unspecified atom stereocenters. The molecule has 0 radical (unpaired) electrons. The van der Waals surface area contributed by atoms with Crippen LogP contribution in [0, 0.1) is 0 Å². The summed E-state index contributed by atoms with van der Waals surface area (Å²) in [5.41, 5.74) is 1.29. The fourth-order valence-electron chi connectivity index (χ4n) is 1.95. The van der Waals surface area contributed by atoms with E-state index in [1.54, 1.807) is 6.26 Å². The summed E-state index contributed by atoms with van der Waals surface area (Å²) in [5.74, 6) is 1.09. The Morgan fingerprint density at radius 2 is 1.47 bits per heavy atom. The van der Waals surface area contributed by atoms with Crippen LogP contribution in [0.3, 0.4) is 0 Å². The molecule has 1 heterocycles. The molecule has 0 atom stereocenters. The number of furan rings is 1. The second kappa shape index (κ2) is 5.92. The Bertz CT molecular complexity index is 573. The first kappa shape index (κ1) is 12.3. The topological polar surface area (TPSA) is 13.1 Å². The molecular weight excluding hydrogens is 299 g/mol. The van der Waals surface area contributed by atoms with E-state index in [0.717, 1.165) is 12.2 Å². The summed E-state index contributed by atoms with van der Waals surface area (Å²) in [4.78, 5) is 0. The van der Waals surface area contributed by atoms with E-state index in [0.29, 0.717) is 15.0 Å². The van der Waals surface area contributed by atoms with Gasteiger partial charge in [-0.25, -0.2) is 0 Å². The average molecular weight is 313 g/mol. The van der Waals surface area contributed by atoms with Gasteiger partial charge < -0.3 is 0 Å².